The lowest BCUT2D eigenvalue weighted by Crippen LogP contribution is -2.41. The molecule has 7 nitrogen and oxygen atoms in total. The van der Waals surface area contributed by atoms with Crippen LogP contribution in [-0.4, -0.2) is 50.9 Å². The number of likely N-dealkylation sites (tertiary alicyclic amines) is 1. The zero-order chi connectivity index (χ0) is 16.1. The molecular formula is C16H21N5O2. The Balaban J connectivity index is 1.48. The van der Waals surface area contributed by atoms with Gasteiger partial charge in [-0.1, -0.05) is 12.5 Å². The van der Waals surface area contributed by atoms with Crippen molar-refractivity contribution < 1.29 is 9.59 Å². The van der Waals surface area contributed by atoms with Gasteiger partial charge < -0.3 is 10.2 Å². The van der Waals surface area contributed by atoms with Crippen molar-refractivity contribution in [1.82, 2.24) is 24.8 Å². The highest BCUT2D eigenvalue weighted by atomic mass is 16.2. The maximum atomic E-state index is 12.0. The summed E-state index contributed by atoms with van der Waals surface area (Å²) in [5, 5.41) is 11.1. The summed E-state index contributed by atoms with van der Waals surface area (Å²) in [6.07, 6.45) is 6.03. The average molecular weight is 315 g/mol. The monoisotopic (exact) mass is 315 g/mol. The molecule has 122 valence electrons. The number of rotatable bonds is 5. The molecule has 0 radical (unpaired) electrons. The summed E-state index contributed by atoms with van der Waals surface area (Å²) in [6, 6.07) is 5.72. The second-order valence-corrected chi connectivity index (χ2v) is 5.77. The van der Waals surface area contributed by atoms with Gasteiger partial charge in [-0.2, -0.15) is 0 Å². The van der Waals surface area contributed by atoms with Crippen LogP contribution in [0, 0.1) is 0 Å². The van der Waals surface area contributed by atoms with Crippen LogP contribution >= 0.6 is 0 Å². The van der Waals surface area contributed by atoms with E-state index >= 15 is 0 Å². The van der Waals surface area contributed by atoms with E-state index in [1.807, 2.05) is 28.8 Å². The number of hydrogen-bond donors (Lipinski definition) is 1. The molecule has 0 unspecified atom stereocenters. The van der Waals surface area contributed by atoms with Gasteiger partial charge >= 0.3 is 0 Å². The SMILES string of the molecule is O=C(CN1CCCCCC1=O)NCCc1nnc2ccccn12. The number of hydrogen-bond acceptors (Lipinski definition) is 4. The molecule has 1 saturated heterocycles. The number of aromatic nitrogens is 3. The van der Waals surface area contributed by atoms with E-state index < -0.39 is 0 Å². The van der Waals surface area contributed by atoms with E-state index in [9.17, 15) is 9.59 Å². The molecule has 23 heavy (non-hydrogen) atoms. The lowest BCUT2D eigenvalue weighted by Gasteiger charge is -2.19. The van der Waals surface area contributed by atoms with Crippen molar-refractivity contribution in [3.8, 4) is 0 Å². The lowest BCUT2D eigenvalue weighted by atomic mass is 10.2. The fourth-order valence-corrected chi connectivity index (χ4v) is 2.81. The Labute approximate surface area is 134 Å². The molecule has 0 bridgehead atoms. The fourth-order valence-electron chi connectivity index (χ4n) is 2.81. The molecule has 0 spiro atoms. The van der Waals surface area contributed by atoms with Gasteiger partial charge in [-0.25, -0.2) is 0 Å². The van der Waals surface area contributed by atoms with Gasteiger partial charge in [0.05, 0.1) is 6.54 Å². The van der Waals surface area contributed by atoms with Gasteiger partial charge in [-0.05, 0) is 25.0 Å². The molecule has 0 saturated carbocycles. The molecule has 3 rings (SSSR count). The summed E-state index contributed by atoms with van der Waals surface area (Å²) < 4.78 is 1.91. The highest BCUT2D eigenvalue weighted by molar-refractivity contribution is 5.84. The smallest absolute Gasteiger partial charge is 0.239 e. The second kappa shape index (κ2) is 7.21. The van der Waals surface area contributed by atoms with Crippen LogP contribution in [0.3, 0.4) is 0 Å². The predicted molar refractivity (Wildman–Crippen MR) is 84.7 cm³/mol. The van der Waals surface area contributed by atoms with E-state index in [0.717, 1.165) is 30.7 Å². The summed E-state index contributed by atoms with van der Waals surface area (Å²) in [5.74, 6) is 0.780. The Morgan fingerprint density at radius 2 is 2.13 bits per heavy atom. The third-order valence-corrected chi connectivity index (χ3v) is 4.06. The number of pyridine rings is 1. The van der Waals surface area contributed by atoms with Gasteiger partial charge in [0.2, 0.25) is 11.8 Å². The van der Waals surface area contributed by atoms with Gasteiger partial charge in [-0.3, -0.25) is 14.0 Å². The molecular weight excluding hydrogens is 294 g/mol. The van der Waals surface area contributed by atoms with Crippen molar-refractivity contribution in [3.63, 3.8) is 0 Å². The highest BCUT2D eigenvalue weighted by Gasteiger charge is 2.18. The van der Waals surface area contributed by atoms with Crippen LogP contribution in [0.4, 0.5) is 0 Å². The quantitative estimate of drug-likeness (QED) is 0.885. The van der Waals surface area contributed by atoms with Crippen LogP contribution in [0.25, 0.3) is 5.65 Å². The molecule has 7 heteroatoms. The number of nitrogens with one attached hydrogen (secondary N) is 1. The van der Waals surface area contributed by atoms with Crippen molar-refractivity contribution in [2.24, 2.45) is 0 Å². The van der Waals surface area contributed by atoms with E-state index in [2.05, 4.69) is 15.5 Å². The zero-order valence-electron chi connectivity index (χ0n) is 13.1. The number of carbonyl (C=O) groups excluding carboxylic acids is 2. The Hall–Kier alpha value is -2.44. The lowest BCUT2D eigenvalue weighted by molar-refractivity contribution is -0.135. The Kier molecular flexibility index (Phi) is 4.85. The molecule has 1 fully saturated rings. The molecule has 1 aliphatic rings. The number of carbonyl (C=O) groups is 2. The minimum atomic E-state index is -0.117. The third-order valence-electron chi connectivity index (χ3n) is 4.06. The van der Waals surface area contributed by atoms with Crippen LogP contribution in [0.15, 0.2) is 24.4 Å². The van der Waals surface area contributed by atoms with Crippen LogP contribution in [0.2, 0.25) is 0 Å². The Morgan fingerprint density at radius 1 is 1.22 bits per heavy atom. The number of nitrogens with zero attached hydrogens (tertiary/aromatic N) is 4. The van der Waals surface area contributed by atoms with Crippen molar-refractivity contribution in [3.05, 3.63) is 30.2 Å². The van der Waals surface area contributed by atoms with Crippen molar-refractivity contribution >= 4 is 17.5 Å². The minimum absolute atomic E-state index is 0.0844. The number of fused-ring (bicyclic) bond motifs is 1. The van der Waals surface area contributed by atoms with Crippen molar-refractivity contribution in [2.45, 2.75) is 32.1 Å². The molecule has 0 aromatic carbocycles. The maximum Gasteiger partial charge on any atom is 0.239 e. The molecule has 0 atom stereocenters. The molecule has 3 heterocycles. The van der Waals surface area contributed by atoms with E-state index in [1.165, 1.54) is 0 Å². The normalized spacial score (nSPS) is 15.7. The van der Waals surface area contributed by atoms with E-state index in [4.69, 9.17) is 0 Å². The second-order valence-electron chi connectivity index (χ2n) is 5.77. The van der Waals surface area contributed by atoms with Gasteiger partial charge in [0.15, 0.2) is 5.65 Å². The van der Waals surface area contributed by atoms with Crippen LogP contribution < -0.4 is 5.32 Å². The van der Waals surface area contributed by atoms with Crippen LogP contribution in [0.5, 0.6) is 0 Å². The van der Waals surface area contributed by atoms with Gasteiger partial charge in [0.25, 0.3) is 0 Å². The fraction of sp³-hybridized carbons (Fsp3) is 0.500. The first-order valence-corrected chi connectivity index (χ1v) is 8.07. The van der Waals surface area contributed by atoms with Gasteiger partial charge in [0, 0.05) is 32.1 Å². The molecule has 2 aromatic heterocycles. The van der Waals surface area contributed by atoms with Crippen molar-refractivity contribution in [2.75, 3.05) is 19.6 Å². The minimum Gasteiger partial charge on any atom is -0.354 e. The first-order chi connectivity index (χ1) is 11.2. The van der Waals surface area contributed by atoms with Crippen molar-refractivity contribution in [1.29, 1.82) is 0 Å². The topological polar surface area (TPSA) is 79.6 Å². The van der Waals surface area contributed by atoms with E-state index in [0.29, 0.717) is 25.9 Å². The average Bonchev–Trinajstić information content (AvgIpc) is 2.86. The van der Waals surface area contributed by atoms with Crippen LogP contribution in [0.1, 0.15) is 31.5 Å². The predicted octanol–water partition coefficient (Wildman–Crippen LogP) is 0.791. The van der Waals surface area contributed by atoms with E-state index in [-0.39, 0.29) is 18.4 Å². The number of amides is 2. The standard InChI is InChI=1S/C16H21N5O2/c22-15(12-20-10-4-1-2-7-16(20)23)17-9-8-14-19-18-13-6-3-5-11-21(13)14/h3,5-6,11H,1-2,4,7-10,12H2,(H,17,22). The summed E-state index contributed by atoms with van der Waals surface area (Å²) in [5.41, 5.74) is 0.795. The largest absolute Gasteiger partial charge is 0.354 e. The van der Waals surface area contributed by atoms with Crippen LogP contribution in [-0.2, 0) is 16.0 Å². The molecule has 1 N–H and O–H groups in total. The Morgan fingerprint density at radius 3 is 3.04 bits per heavy atom. The molecule has 1 aliphatic heterocycles. The zero-order valence-corrected chi connectivity index (χ0v) is 13.1. The summed E-state index contributed by atoms with van der Waals surface area (Å²) in [6.45, 7) is 1.32. The first-order valence-electron chi connectivity index (χ1n) is 8.07. The molecule has 2 amide bonds. The van der Waals surface area contributed by atoms with Gasteiger partial charge in [0.1, 0.15) is 5.82 Å². The summed E-state index contributed by atoms with van der Waals surface area (Å²) in [7, 11) is 0. The molecule has 2 aromatic rings. The summed E-state index contributed by atoms with van der Waals surface area (Å²) >= 11 is 0. The third kappa shape index (κ3) is 3.85. The maximum absolute atomic E-state index is 12.0. The first kappa shape index (κ1) is 15.5. The van der Waals surface area contributed by atoms with Gasteiger partial charge in [-0.15, -0.1) is 10.2 Å². The van der Waals surface area contributed by atoms with E-state index in [1.54, 1.807) is 4.90 Å². The Bertz CT molecular complexity index is 697. The molecule has 0 aliphatic carbocycles. The highest BCUT2D eigenvalue weighted by Crippen LogP contribution is 2.10. The summed E-state index contributed by atoms with van der Waals surface area (Å²) in [4.78, 5) is 25.6.